The smallest absolute Gasteiger partial charge is 0.339 e. The van der Waals surface area contributed by atoms with E-state index in [1.807, 2.05) is 5.38 Å². The van der Waals surface area contributed by atoms with Crippen LogP contribution in [0.25, 0.3) is 0 Å². The van der Waals surface area contributed by atoms with E-state index >= 15 is 0 Å². The Labute approximate surface area is 113 Å². The number of thiophene rings is 1. The van der Waals surface area contributed by atoms with Gasteiger partial charge in [0.2, 0.25) is 0 Å². The maximum atomic E-state index is 11.8. The molecule has 2 aromatic rings. The van der Waals surface area contributed by atoms with Crippen LogP contribution < -0.4 is 10.1 Å². The van der Waals surface area contributed by atoms with Gasteiger partial charge in [-0.05, 0) is 23.6 Å². The molecule has 1 amide bonds. The Bertz CT molecular complexity index is 607. The number of methoxy groups -OCH3 is 1. The Morgan fingerprint density at radius 2 is 2.11 bits per heavy atom. The van der Waals surface area contributed by atoms with Crippen molar-refractivity contribution in [1.82, 2.24) is 0 Å². The predicted octanol–water partition coefficient (Wildman–Crippen LogP) is 2.71. The van der Waals surface area contributed by atoms with Crippen molar-refractivity contribution in [2.75, 3.05) is 12.4 Å². The Hall–Kier alpha value is -2.34. The lowest BCUT2D eigenvalue weighted by molar-refractivity contribution is 0.0693. The van der Waals surface area contributed by atoms with E-state index in [-0.39, 0.29) is 17.2 Å². The van der Waals surface area contributed by atoms with Crippen LogP contribution in [-0.2, 0) is 0 Å². The first-order valence-corrected chi connectivity index (χ1v) is 6.26. The first-order chi connectivity index (χ1) is 9.11. The van der Waals surface area contributed by atoms with Crippen LogP contribution in [0.3, 0.4) is 0 Å². The lowest BCUT2D eigenvalue weighted by Gasteiger charge is -2.08. The van der Waals surface area contributed by atoms with Gasteiger partial charge in [-0.25, -0.2) is 4.79 Å². The van der Waals surface area contributed by atoms with Gasteiger partial charge in [0, 0.05) is 11.8 Å². The summed E-state index contributed by atoms with van der Waals surface area (Å²) in [6, 6.07) is 7.90. The van der Waals surface area contributed by atoms with Crippen LogP contribution >= 0.6 is 11.3 Å². The molecule has 0 bridgehead atoms. The van der Waals surface area contributed by atoms with Crippen LogP contribution in [0.4, 0.5) is 5.69 Å². The number of nitrogens with one attached hydrogen (secondary N) is 1. The molecular weight excluding hydrogens is 266 g/mol. The van der Waals surface area contributed by atoms with Gasteiger partial charge in [-0.3, -0.25) is 4.79 Å². The quantitative estimate of drug-likeness (QED) is 0.901. The summed E-state index contributed by atoms with van der Waals surface area (Å²) in [7, 11) is 1.38. The van der Waals surface area contributed by atoms with E-state index in [1.165, 1.54) is 36.6 Å². The predicted molar refractivity (Wildman–Crippen MR) is 72.2 cm³/mol. The van der Waals surface area contributed by atoms with Gasteiger partial charge in [0.25, 0.3) is 5.91 Å². The van der Waals surface area contributed by atoms with Crippen LogP contribution in [0.2, 0.25) is 0 Å². The average Bonchev–Trinajstić information content (AvgIpc) is 2.92. The molecule has 2 N–H and O–H groups in total. The van der Waals surface area contributed by atoms with Crippen LogP contribution in [-0.4, -0.2) is 24.1 Å². The summed E-state index contributed by atoms with van der Waals surface area (Å²) >= 11 is 1.33. The molecule has 0 radical (unpaired) electrons. The van der Waals surface area contributed by atoms with Crippen molar-refractivity contribution in [2.24, 2.45) is 0 Å². The first-order valence-electron chi connectivity index (χ1n) is 5.38. The average molecular weight is 277 g/mol. The maximum Gasteiger partial charge on any atom is 0.339 e. The molecule has 2 rings (SSSR count). The highest BCUT2D eigenvalue weighted by Gasteiger charge is 2.13. The summed E-state index contributed by atoms with van der Waals surface area (Å²) in [5, 5.41) is 13.4. The number of rotatable bonds is 4. The van der Waals surface area contributed by atoms with Crippen molar-refractivity contribution in [1.29, 1.82) is 0 Å². The summed E-state index contributed by atoms with van der Waals surface area (Å²) < 4.78 is 4.99. The molecule has 1 aromatic heterocycles. The van der Waals surface area contributed by atoms with Crippen LogP contribution in [0, 0.1) is 0 Å². The van der Waals surface area contributed by atoms with E-state index in [0.29, 0.717) is 10.6 Å². The molecule has 98 valence electrons. The van der Waals surface area contributed by atoms with Gasteiger partial charge in [0.1, 0.15) is 11.3 Å². The summed E-state index contributed by atoms with van der Waals surface area (Å²) in [5.74, 6) is -1.11. The minimum atomic E-state index is -1.08. The van der Waals surface area contributed by atoms with Crippen molar-refractivity contribution in [3.05, 3.63) is 46.2 Å². The summed E-state index contributed by atoms with van der Waals surface area (Å²) in [5.41, 5.74) is 0.539. The van der Waals surface area contributed by atoms with Crippen molar-refractivity contribution < 1.29 is 19.4 Å². The van der Waals surface area contributed by atoms with Gasteiger partial charge in [0.15, 0.2) is 0 Å². The Morgan fingerprint density at radius 3 is 2.68 bits per heavy atom. The largest absolute Gasteiger partial charge is 0.496 e. The second kappa shape index (κ2) is 5.53. The van der Waals surface area contributed by atoms with Gasteiger partial charge in [-0.1, -0.05) is 6.07 Å². The Balaban J connectivity index is 2.22. The minimum Gasteiger partial charge on any atom is -0.496 e. The van der Waals surface area contributed by atoms with E-state index in [0.717, 1.165) is 0 Å². The number of carbonyl (C=O) groups is 2. The van der Waals surface area contributed by atoms with E-state index in [9.17, 15) is 9.59 Å². The highest BCUT2D eigenvalue weighted by molar-refractivity contribution is 7.12. The van der Waals surface area contributed by atoms with E-state index < -0.39 is 5.97 Å². The van der Waals surface area contributed by atoms with Crippen molar-refractivity contribution in [3.63, 3.8) is 0 Å². The summed E-state index contributed by atoms with van der Waals surface area (Å²) in [6.07, 6.45) is 0. The molecule has 0 unspecified atom stereocenters. The minimum absolute atomic E-state index is 0.0524. The highest BCUT2D eigenvalue weighted by Crippen LogP contribution is 2.24. The van der Waals surface area contributed by atoms with Crippen LogP contribution in [0.1, 0.15) is 20.0 Å². The molecule has 0 saturated carbocycles. The lowest BCUT2D eigenvalue weighted by Crippen LogP contribution is -2.10. The Morgan fingerprint density at radius 1 is 1.32 bits per heavy atom. The van der Waals surface area contributed by atoms with Gasteiger partial charge in [0.05, 0.1) is 12.0 Å². The molecule has 1 heterocycles. The topological polar surface area (TPSA) is 75.6 Å². The number of carbonyl (C=O) groups excluding carboxylic acids is 1. The highest BCUT2D eigenvalue weighted by atomic mass is 32.1. The third-order valence-corrected chi connectivity index (χ3v) is 3.30. The zero-order valence-electron chi connectivity index (χ0n) is 10.0. The zero-order valence-corrected chi connectivity index (χ0v) is 10.9. The van der Waals surface area contributed by atoms with E-state index in [4.69, 9.17) is 9.84 Å². The van der Waals surface area contributed by atoms with E-state index in [1.54, 1.807) is 12.1 Å². The molecule has 0 aliphatic carbocycles. The summed E-state index contributed by atoms with van der Waals surface area (Å²) in [6.45, 7) is 0. The van der Waals surface area contributed by atoms with Gasteiger partial charge < -0.3 is 15.2 Å². The fourth-order valence-corrected chi connectivity index (χ4v) is 2.17. The number of hydrogen-bond acceptors (Lipinski definition) is 4. The number of aromatic carboxylic acids is 1. The van der Waals surface area contributed by atoms with Gasteiger partial charge in [-0.15, -0.1) is 11.3 Å². The Kier molecular flexibility index (Phi) is 3.82. The number of benzene rings is 1. The second-order valence-corrected chi connectivity index (χ2v) is 4.60. The van der Waals surface area contributed by atoms with Crippen LogP contribution in [0.15, 0.2) is 35.7 Å². The third-order valence-electron chi connectivity index (χ3n) is 2.43. The maximum absolute atomic E-state index is 11.8. The van der Waals surface area contributed by atoms with Crippen molar-refractivity contribution in [2.45, 2.75) is 0 Å². The zero-order chi connectivity index (χ0) is 13.8. The molecular formula is C13H11NO4S. The SMILES string of the molecule is COc1cc(NC(=O)c2cccs2)ccc1C(=O)O. The number of anilines is 1. The van der Waals surface area contributed by atoms with E-state index in [2.05, 4.69) is 5.32 Å². The molecule has 0 aliphatic heterocycles. The third kappa shape index (κ3) is 2.92. The number of amides is 1. The standard InChI is InChI=1S/C13H11NO4S/c1-18-10-7-8(4-5-9(10)13(16)17)14-12(15)11-3-2-6-19-11/h2-7H,1H3,(H,14,15)(H,16,17). The fraction of sp³-hybridized carbons (Fsp3) is 0.0769. The monoisotopic (exact) mass is 277 g/mol. The molecule has 6 heteroatoms. The number of hydrogen-bond donors (Lipinski definition) is 2. The molecule has 0 saturated heterocycles. The molecule has 0 atom stereocenters. The summed E-state index contributed by atoms with van der Waals surface area (Å²) in [4.78, 5) is 23.4. The normalized spacial score (nSPS) is 9.95. The molecule has 1 aromatic carbocycles. The van der Waals surface area contributed by atoms with Crippen molar-refractivity contribution >= 4 is 28.9 Å². The molecule has 0 spiro atoms. The second-order valence-electron chi connectivity index (χ2n) is 3.65. The lowest BCUT2D eigenvalue weighted by atomic mass is 10.2. The number of carboxylic acids is 1. The molecule has 0 aliphatic rings. The fourth-order valence-electron chi connectivity index (χ4n) is 1.55. The first kappa shape index (κ1) is 13.1. The molecule has 5 nitrogen and oxygen atoms in total. The van der Waals surface area contributed by atoms with Crippen molar-refractivity contribution in [3.8, 4) is 5.75 Å². The van der Waals surface area contributed by atoms with Crippen LogP contribution in [0.5, 0.6) is 5.75 Å². The van der Waals surface area contributed by atoms with Gasteiger partial charge in [-0.2, -0.15) is 0 Å². The molecule has 0 fully saturated rings. The number of carboxylic acid groups (broad SMARTS) is 1. The molecule has 19 heavy (non-hydrogen) atoms. The van der Waals surface area contributed by atoms with Gasteiger partial charge >= 0.3 is 5.97 Å². The number of ether oxygens (including phenoxy) is 1.